The zero-order chi connectivity index (χ0) is 18.1. The average molecular weight is 428 g/mol. The van der Waals surface area contributed by atoms with Gasteiger partial charge in [0.2, 0.25) is 5.88 Å². The highest BCUT2D eigenvalue weighted by molar-refractivity contribution is 9.10. The largest absolute Gasteiger partial charge is 0.434 e. The average Bonchev–Trinajstić information content (AvgIpc) is 3.21. The summed E-state index contributed by atoms with van der Waals surface area (Å²) in [6, 6.07) is 16.9. The van der Waals surface area contributed by atoms with Gasteiger partial charge in [0.1, 0.15) is 5.01 Å². The fourth-order valence-electron chi connectivity index (χ4n) is 2.51. The van der Waals surface area contributed by atoms with Gasteiger partial charge in [-0.2, -0.15) is 0 Å². The van der Waals surface area contributed by atoms with Crippen LogP contribution in [-0.4, -0.2) is 11.0 Å². The van der Waals surface area contributed by atoms with E-state index in [4.69, 9.17) is 4.42 Å². The van der Waals surface area contributed by atoms with Gasteiger partial charge in [-0.05, 0) is 70.9 Å². The van der Waals surface area contributed by atoms with Crippen molar-refractivity contribution in [2.24, 2.45) is 0 Å². The Morgan fingerprint density at radius 1 is 1.08 bits per heavy atom. The van der Waals surface area contributed by atoms with Crippen molar-refractivity contribution in [2.75, 3.05) is 10.6 Å². The smallest absolute Gasteiger partial charge is 0.326 e. The molecule has 26 heavy (non-hydrogen) atoms. The summed E-state index contributed by atoms with van der Waals surface area (Å²) in [6.07, 6.45) is 0. The van der Waals surface area contributed by atoms with E-state index in [1.807, 2.05) is 30.3 Å². The summed E-state index contributed by atoms with van der Waals surface area (Å²) in [5.41, 5.74) is 3.93. The summed E-state index contributed by atoms with van der Waals surface area (Å²) in [5.74, 6) is 0.371. The number of aromatic nitrogens is 1. The van der Waals surface area contributed by atoms with Crippen molar-refractivity contribution in [3.8, 4) is 10.6 Å². The third-order valence-electron chi connectivity index (χ3n) is 3.74. The van der Waals surface area contributed by atoms with Gasteiger partial charge in [0.15, 0.2) is 4.67 Å². The van der Waals surface area contributed by atoms with Gasteiger partial charge in [-0.15, -0.1) is 11.3 Å². The number of hydrogen-bond donors (Lipinski definition) is 2. The van der Waals surface area contributed by atoms with E-state index in [1.54, 1.807) is 23.5 Å². The molecule has 130 valence electrons. The van der Waals surface area contributed by atoms with Crippen LogP contribution >= 0.6 is 27.3 Å². The molecule has 0 atom stereocenters. The molecule has 0 unspecified atom stereocenters. The van der Waals surface area contributed by atoms with Crippen LogP contribution in [0.5, 0.6) is 0 Å². The van der Waals surface area contributed by atoms with Crippen LogP contribution in [0.25, 0.3) is 20.8 Å². The van der Waals surface area contributed by atoms with Crippen LogP contribution in [0, 0.1) is 6.92 Å². The third-order valence-corrected chi connectivity index (χ3v) is 5.24. The van der Waals surface area contributed by atoms with Crippen LogP contribution in [0.15, 0.2) is 63.7 Å². The quantitative estimate of drug-likeness (QED) is 0.404. The lowest BCUT2D eigenvalue weighted by Gasteiger charge is -2.06. The number of fused-ring (bicyclic) bond motifs is 1. The van der Waals surface area contributed by atoms with Crippen LogP contribution in [0.2, 0.25) is 0 Å². The zero-order valence-corrected chi connectivity index (χ0v) is 16.1. The number of carbonyl (C=O) groups excluding carboxylic acids is 1. The predicted molar refractivity (Wildman–Crippen MR) is 109 cm³/mol. The van der Waals surface area contributed by atoms with E-state index in [-0.39, 0.29) is 6.03 Å². The molecule has 2 amide bonds. The predicted octanol–water partition coefficient (Wildman–Crippen LogP) is 6.27. The van der Waals surface area contributed by atoms with Gasteiger partial charge in [0.05, 0.1) is 10.2 Å². The second-order valence-corrected chi connectivity index (χ2v) is 7.56. The molecule has 2 N–H and O–H groups in total. The van der Waals surface area contributed by atoms with Gasteiger partial charge in [0.25, 0.3) is 0 Å². The Bertz CT molecular complexity index is 1090. The number of nitrogens with zero attached hydrogens (tertiary/aromatic N) is 1. The molecule has 2 aromatic carbocycles. The first-order valence-corrected chi connectivity index (χ1v) is 9.49. The Kier molecular flexibility index (Phi) is 4.48. The summed E-state index contributed by atoms with van der Waals surface area (Å²) >= 11 is 4.85. The number of urea groups is 1. The molecule has 5 nitrogen and oxygen atoms in total. The zero-order valence-electron chi connectivity index (χ0n) is 13.7. The Morgan fingerprint density at radius 3 is 2.62 bits per heavy atom. The standard InChI is InChI=1S/C19H14BrN3O2S/c1-11-2-7-14-15(10-11)26-18(22-14)12-3-5-13(6-4-12)21-19(24)23-17-9-8-16(20)25-17/h2-10H,1H3,(H2,21,23,24). The highest BCUT2D eigenvalue weighted by Gasteiger charge is 2.08. The molecule has 0 aliphatic heterocycles. The second kappa shape index (κ2) is 6.93. The van der Waals surface area contributed by atoms with E-state index in [2.05, 4.69) is 50.6 Å². The first kappa shape index (κ1) is 16.8. The number of nitrogens with one attached hydrogen (secondary N) is 2. The Morgan fingerprint density at radius 2 is 1.88 bits per heavy atom. The SMILES string of the molecule is Cc1ccc2nc(-c3ccc(NC(=O)Nc4ccc(Br)o4)cc3)sc2c1. The van der Waals surface area contributed by atoms with Crippen LogP contribution in [-0.2, 0) is 0 Å². The Balaban J connectivity index is 1.48. The van der Waals surface area contributed by atoms with Crippen molar-refractivity contribution in [1.29, 1.82) is 0 Å². The Hall–Kier alpha value is -2.64. The molecule has 0 fully saturated rings. The number of hydrogen-bond acceptors (Lipinski definition) is 4. The molecule has 7 heteroatoms. The fraction of sp³-hybridized carbons (Fsp3) is 0.0526. The van der Waals surface area contributed by atoms with Crippen LogP contribution in [0.3, 0.4) is 0 Å². The monoisotopic (exact) mass is 427 g/mol. The summed E-state index contributed by atoms with van der Waals surface area (Å²) in [6.45, 7) is 2.08. The van der Waals surface area contributed by atoms with Crippen molar-refractivity contribution >= 4 is 55.1 Å². The summed E-state index contributed by atoms with van der Waals surface area (Å²) in [7, 11) is 0. The maximum absolute atomic E-state index is 12.0. The second-order valence-electron chi connectivity index (χ2n) is 5.75. The highest BCUT2D eigenvalue weighted by Crippen LogP contribution is 2.31. The van der Waals surface area contributed by atoms with Crippen molar-refractivity contribution in [1.82, 2.24) is 4.98 Å². The highest BCUT2D eigenvalue weighted by atomic mass is 79.9. The lowest BCUT2D eigenvalue weighted by molar-refractivity contribution is 0.261. The van der Waals surface area contributed by atoms with Crippen LogP contribution in [0.1, 0.15) is 5.56 Å². The molecule has 0 bridgehead atoms. The van der Waals surface area contributed by atoms with E-state index in [1.165, 1.54) is 10.3 Å². The number of halogens is 1. The van der Waals surface area contributed by atoms with E-state index in [0.29, 0.717) is 16.2 Å². The minimum Gasteiger partial charge on any atom is -0.434 e. The number of thiazole rings is 1. The maximum Gasteiger partial charge on any atom is 0.326 e. The molecule has 2 aromatic heterocycles. The van der Waals surface area contributed by atoms with Gasteiger partial charge in [0, 0.05) is 17.3 Å². The normalized spacial score (nSPS) is 10.8. The minimum atomic E-state index is -0.366. The van der Waals surface area contributed by atoms with Gasteiger partial charge in [-0.1, -0.05) is 6.07 Å². The lowest BCUT2D eigenvalue weighted by Crippen LogP contribution is -2.18. The first-order chi connectivity index (χ1) is 12.6. The molecule has 4 rings (SSSR count). The van der Waals surface area contributed by atoms with E-state index in [9.17, 15) is 4.79 Å². The van der Waals surface area contributed by atoms with Gasteiger partial charge < -0.3 is 9.73 Å². The Labute approximate surface area is 162 Å². The summed E-state index contributed by atoms with van der Waals surface area (Å²) < 4.78 is 6.97. The van der Waals surface area contributed by atoms with Crippen LogP contribution < -0.4 is 10.6 Å². The van der Waals surface area contributed by atoms with Crippen molar-refractivity contribution in [3.63, 3.8) is 0 Å². The van der Waals surface area contributed by atoms with Crippen molar-refractivity contribution in [2.45, 2.75) is 6.92 Å². The first-order valence-electron chi connectivity index (χ1n) is 7.88. The minimum absolute atomic E-state index is 0.366. The van der Waals surface area contributed by atoms with Crippen LogP contribution in [0.4, 0.5) is 16.4 Å². The third kappa shape index (κ3) is 3.63. The molecule has 0 saturated carbocycles. The summed E-state index contributed by atoms with van der Waals surface area (Å²) in [4.78, 5) is 16.7. The molecule has 0 aliphatic carbocycles. The topological polar surface area (TPSA) is 67.2 Å². The number of carbonyl (C=O) groups is 1. The summed E-state index contributed by atoms with van der Waals surface area (Å²) in [5, 5.41) is 6.35. The molecule has 0 saturated heterocycles. The molecular formula is C19H14BrN3O2S. The van der Waals surface area contributed by atoms with E-state index >= 15 is 0 Å². The number of anilines is 2. The fourth-order valence-corrected chi connectivity index (χ4v) is 3.88. The van der Waals surface area contributed by atoms with Gasteiger partial charge >= 0.3 is 6.03 Å². The molecule has 0 spiro atoms. The van der Waals surface area contributed by atoms with Gasteiger partial charge in [-0.25, -0.2) is 9.78 Å². The number of furan rings is 1. The van der Waals surface area contributed by atoms with Crippen molar-refractivity contribution in [3.05, 3.63) is 64.8 Å². The van der Waals surface area contributed by atoms with E-state index < -0.39 is 0 Å². The maximum atomic E-state index is 12.0. The van der Waals surface area contributed by atoms with Crippen molar-refractivity contribution < 1.29 is 9.21 Å². The van der Waals surface area contributed by atoms with E-state index in [0.717, 1.165) is 16.1 Å². The molecule has 0 aliphatic rings. The number of aryl methyl sites for hydroxylation is 1. The van der Waals surface area contributed by atoms with Gasteiger partial charge in [-0.3, -0.25) is 5.32 Å². The molecular weight excluding hydrogens is 414 g/mol. The molecule has 0 radical (unpaired) electrons. The lowest BCUT2D eigenvalue weighted by atomic mass is 10.2. The number of benzene rings is 2. The number of rotatable bonds is 3. The number of amides is 2. The molecule has 4 aromatic rings. The molecule has 2 heterocycles.